The minimum atomic E-state index is 0.104. The molecule has 0 aliphatic carbocycles. The zero-order chi connectivity index (χ0) is 12.0. The van der Waals surface area contributed by atoms with E-state index >= 15 is 0 Å². The lowest BCUT2D eigenvalue weighted by molar-refractivity contribution is 0.476. The molecule has 0 radical (unpaired) electrons. The molecule has 17 heavy (non-hydrogen) atoms. The zero-order valence-electron chi connectivity index (χ0n) is 8.48. The molecule has 0 fully saturated rings. The molecule has 1 N–H and O–H groups in total. The highest BCUT2D eigenvalue weighted by Crippen LogP contribution is 2.37. The fourth-order valence-corrected chi connectivity index (χ4v) is 2.40. The Morgan fingerprint density at radius 1 is 0.941 bits per heavy atom. The summed E-state index contributed by atoms with van der Waals surface area (Å²) in [5.41, 5.74) is 2.74. The molecule has 84 valence electrons. The highest BCUT2D eigenvalue weighted by Gasteiger charge is 2.12. The quantitative estimate of drug-likeness (QED) is 0.621. The van der Waals surface area contributed by atoms with Crippen LogP contribution in [0.25, 0.3) is 22.1 Å². The topological polar surface area (TPSA) is 46.0 Å². The lowest BCUT2D eigenvalue weighted by atomic mass is 10.2. The van der Waals surface area contributed by atoms with Crippen LogP contribution in [0.3, 0.4) is 0 Å². The van der Waals surface area contributed by atoms with Crippen LogP contribution >= 0.6 is 31.9 Å². The molecule has 1 aromatic heterocycles. The maximum atomic E-state index is 10.0. The van der Waals surface area contributed by atoms with Gasteiger partial charge in [0.05, 0.1) is 21.0 Å². The van der Waals surface area contributed by atoms with Crippen LogP contribution in [0.5, 0.6) is 5.75 Å². The summed E-state index contributed by atoms with van der Waals surface area (Å²) in [4.78, 5) is 8.88. The van der Waals surface area contributed by atoms with Gasteiger partial charge >= 0.3 is 0 Å². The van der Waals surface area contributed by atoms with Gasteiger partial charge in [-0.15, -0.1) is 0 Å². The predicted molar refractivity (Wildman–Crippen MR) is 74.1 cm³/mol. The zero-order valence-corrected chi connectivity index (χ0v) is 11.7. The third-order valence-corrected chi connectivity index (χ3v) is 4.46. The van der Waals surface area contributed by atoms with Gasteiger partial charge in [0.15, 0.2) is 5.75 Å². The summed E-state index contributed by atoms with van der Waals surface area (Å²) in [7, 11) is 0. The van der Waals surface area contributed by atoms with Crippen LogP contribution in [0.4, 0.5) is 0 Å². The number of phenols is 1. The smallest absolute Gasteiger partial charge is 0.158 e. The predicted octanol–water partition coefficient (Wildman–Crippen LogP) is 4.01. The summed E-state index contributed by atoms with van der Waals surface area (Å²) in [6.45, 7) is 0. The number of hydrogen-bond acceptors (Lipinski definition) is 3. The van der Waals surface area contributed by atoms with Crippen LogP contribution in [0.2, 0.25) is 0 Å². The van der Waals surface area contributed by atoms with Gasteiger partial charge in [-0.3, -0.25) is 0 Å². The average molecular weight is 354 g/mol. The van der Waals surface area contributed by atoms with Gasteiger partial charge in [-0.2, -0.15) is 0 Å². The summed E-state index contributed by atoms with van der Waals surface area (Å²) >= 11 is 6.66. The van der Waals surface area contributed by atoms with Gasteiger partial charge in [0.25, 0.3) is 0 Å². The maximum absolute atomic E-state index is 10.0. The van der Waals surface area contributed by atoms with E-state index < -0.39 is 0 Å². The van der Waals surface area contributed by atoms with E-state index in [1.807, 2.05) is 30.3 Å². The first-order valence-corrected chi connectivity index (χ1v) is 6.49. The van der Waals surface area contributed by atoms with Crippen molar-refractivity contribution < 1.29 is 5.11 Å². The van der Waals surface area contributed by atoms with Crippen molar-refractivity contribution in [2.45, 2.75) is 0 Å². The number of para-hydroxylation sites is 2. The monoisotopic (exact) mass is 352 g/mol. The Balaban J connectivity index is 2.52. The molecule has 0 atom stereocenters. The van der Waals surface area contributed by atoms with E-state index in [4.69, 9.17) is 0 Å². The van der Waals surface area contributed by atoms with Crippen molar-refractivity contribution in [3.05, 3.63) is 39.3 Å². The first-order chi connectivity index (χ1) is 8.16. The molecule has 1 heterocycles. The lowest BCUT2D eigenvalue weighted by Crippen LogP contribution is -1.88. The number of aromatic hydroxyl groups is 1. The van der Waals surface area contributed by atoms with Crippen molar-refractivity contribution in [3.8, 4) is 5.75 Å². The second-order valence-electron chi connectivity index (χ2n) is 3.60. The Kier molecular flexibility index (Phi) is 2.52. The van der Waals surface area contributed by atoms with Crippen molar-refractivity contribution >= 4 is 53.9 Å². The molecular formula is C12H6Br2N2O. The van der Waals surface area contributed by atoms with Crippen LogP contribution in [0.15, 0.2) is 39.3 Å². The van der Waals surface area contributed by atoms with Crippen molar-refractivity contribution in [2.75, 3.05) is 0 Å². The van der Waals surface area contributed by atoms with E-state index in [1.165, 1.54) is 0 Å². The van der Waals surface area contributed by atoms with Gasteiger partial charge in [0.2, 0.25) is 0 Å². The highest BCUT2D eigenvalue weighted by atomic mass is 79.9. The third-order valence-electron chi connectivity index (χ3n) is 2.50. The minimum absolute atomic E-state index is 0.104. The second-order valence-corrected chi connectivity index (χ2v) is 5.25. The molecular weight excluding hydrogens is 348 g/mol. The summed E-state index contributed by atoms with van der Waals surface area (Å²) in [5.74, 6) is 0.104. The molecule has 0 aliphatic heterocycles. The molecule has 3 nitrogen and oxygen atoms in total. The Hall–Kier alpha value is -1.20. The molecule has 0 unspecified atom stereocenters. The van der Waals surface area contributed by atoms with Crippen LogP contribution in [-0.2, 0) is 0 Å². The summed E-state index contributed by atoms with van der Waals surface area (Å²) < 4.78 is 1.35. The summed E-state index contributed by atoms with van der Waals surface area (Å²) in [5, 5.41) is 10.0. The van der Waals surface area contributed by atoms with Crippen LogP contribution in [0.1, 0.15) is 0 Å². The van der Waals surface area contributed by atoms with Crippen molar-refractivity contribution in [2.24, 2.45) is 0 Å². The van der Waals surface area contributed by atoms with E-state index in [0.29, 0.717) is 15.5 Å². The van der Waals surface area contributed by atoms with Gasteiger partial charge in [-0.25, -0.2) is 9.97 Å². The molecule has 0 spiro atoms. The Labute approximate surface area is 114 Å². The van der Waals surface area contributed by atoms with Gasteiger partial charge < -0.3 is 5.11 Å². The first-order valence-electron chi connectivity index (χ1n) is 4.90. The molecule has 3 rings (SSSR count). The average Bonchev–Trinajstić information content (AvgIpc) is 2.34. The normalized spacial score (nSPS) is 11.2. The van der Waals surface area contributed by atoms with Gasteiger partial charge in [0.1, 0.15) is 5.52 Å². The summed E-state index contributed by atoms with van der Waals surface area (Å²) in [6.07, 6.45) is 0. The number of phenolic OH excluding ortho intramolecular Hbond substituents is 1. The molecule has 2 aromatic carbocycles. The SMILES string of the molecule is Oc1c(Br)c(Br)cc2nc3ccccc3nc12. The van der Waals surface area contributed by atoms with Gasteiger partial charge in [-0.1, -0.05) is 12.1 Å². The molecule has 3 aromatic rings. The van der Waals surface area contributed by atoms with Crippen molar-refractivity contribution in [3.63, 3.8) is 0 Å². The largest absolute Gasteiger partial charge is 0.504 e. The Morgan fingerprint density at radius 2 is 1.59 bits per heavy atom. The molecule has 0 aliphatic rings. The fourth-order valence-electron chi connectivity index (χ4n) is 1.69. The molecule has 5 heteroatoms. The van der Waals surface area contributed by atoms with E-state index in [1.54, 1.807) is 0 Å². The molecule has 0 bridgehead atoms. The Bertz CT molecular complexity index is 743. The number of aromatic nitrogens is 2. The van der Waals surface area contributed by atoms with E-state index in [0.717, 1.165) is 15.5 Å². The number of fused-ring (bicyclic) bond motifs is 2. The highest BCUT2D eigenvalue weighted by molar-refractivity contribution is 9.13. The Morgan fingerprint density at radius 3 is 2.29 bits per heavy atom. The molecule has 0 saturated carbocycles. The van der Waals surface area contributed by atoms with E-state index in [2.05, 4.69) is 41.8 Å². The molecule has 0 amide bonds. The number of nitrogens with zero attached hydrogens (tertiary/aromatic N) is 2. The van der Waals surface area contributed by atoms with Crippen LogP contribution in [0, 0.1) is 0 Å². The minimum Gasteiger partial charge on any atom is -0.504 e. The van der Waals surface area contributed by atoms with E-state index in [-0.39, 0.29) is 5.75 Å². The second kappa shape index (κ2) is 3.92. The number of benzene rings is 2. The van der Waals surface area contributed by atoms with Crippen LogP contribution in [-0.4, -0.2) is 15.1 Å². The fraction of sp³-hybridized carbons (Fsp3) is 0. The molecule has 0 saturated heterocycles. The third kappa shape index (κ3) is 1.70. The standard InChI is InChI=1S/C12H6Br2N2O/c13-6-5-9-11(12(17)10(6)14)16-8-4-2-1-3-7(8)15-9/h1-5,17H. The van der Waals surface area contributed by atoms with Gasteiger partial charge in [-0.05, 0) is 50.1 Å². The van der Waals surface area contributed by atoms with E-state index in [9.17, 15) is 5.11 Å². The number of hydrogen-bond donors (Lipinski definition) is 1. The van der Waals surface area contributed by atoms with Crippen molar-refractivity contribution in [1.82, 2.24) is 9.97 Å². The first kappa shape index (κ1) is 10.9. The van der Waals surface area contributed by atoms with Crippen LogP contribution < -0.4 is 0 Å². The summed E-state index contributed by atoms with van der Waals surface area (Å²) in [6, 6.07) is 9.41. The lowest BCUT2D eigenvalue weighted by Gasteiger charge is -2.05. The van der Waals surface area contributed by atoms with Crippen molar-refractivity contribution in [1.29, 1.82) is 0 Å². The maximum Gasteiger partial charge on any atom is 0.158 e. The van der Waals surface area contributed by atoms with Gasteiger partial charge in [0, 0.05) is 4.47 Å². The number of rotatable bonds is 0. The number of halogens is 2.